The zero-order valence-corrected chi connectivity index (χ0v) is 31.3. The third-order valence-electron chi connectivity index (χ3n) is 10.2. The molecule has 58 heavy (non-hydrogen) atoms. The fraction of sp³-hybridized carbons (Fsp3) is 0. The first kappa shape index (κ1) is 34.5. The van der Waals surface area contributed by atoms with Crippen molar-refractivity contribution in [3.8, 4) is 90.3 Å². The molecule has 272 valence electrons. The predicted molar refractivity (Wildman–Crippen MR) is 234 cm³/mol. The molecule has 0 radical (unpaired) electrons. The van der Waals surface area contributed by atoms with Crippen LogP contribution in [0.3, 0.4) is 0 Å². The van der Waals surface area contributed by atoms with E-state index < -0.39 is 0 Å². The Bertz CT molecular complexity index is 2690. The first-order valence-electron chi connectivity index (χ1n) is 19.2. The van der Waals surface area contributed by atoms with Crippen LogP contribution in [0.2, 0.25) is 0 Å². The number of fused-ring (bicyclic) bond motifs is 1. The highest BCUT2D eigenvalue weighted by atomic mass is 15.0. The summed E-state index contributed by atoms with van der Waals surface area (Å²) in [6.45, 7) is 0. The number of nitrogens with zero attached hydrogens (tertiary/aromatic N) is 6. The third-order valence-corrected chi connectivity index (χ3v) is 10.2. The van der Waals surface area contributed by atoms with Crippen LogP contribution in [0.15, 0.2) is 206 Å². The van der Waals surface area contributed by atoms with E-state index >= 15 is 0 Å². The van der Waals surface area contributed by atoms with Gasteiger partial charge in [0.2, 0.25) is 0 Å². The van der Waals surface area contributed by atoms with E-state index in [1.54, 1.807) is 0 Å². The number of benzene rings is 7. The maximum atomic E-state index is 5.04. The zero-order valence-electron chi connectivity index (χ0n) is 31.3. The normalized spacial score (nSPS) is 11.1. The lowest BCUT2D eigenvalue weighted by Crippen LogP contribution is -2.00. The molecule has 0 fully saturated rings. The predicted octanol–water partition coefficient (Wildman–Crippen LogP) is 12.5. The van der Waals surface area contributed by atoms with Crippen molar-refractivity contribution < 1.29 is 0 Å². The summed E-state index contributed by atoms with van der Waals surface area (Å²) in [6.07, 6.45) is 1.89. The van der Waals surface area contributed by atoms with Crippen molar-refractivity contribution in [2.45, 2.75) is 0 Å². The smallest absolute Gasteiger partial charge is 0.164 e. The van der Waals surface area contributed by atoms with Crippen LogP contribution < -0.4 is 0 Å². The molecule has 0 unspecified atom stereocenters. The SMILES string of the molecule is c1ccc(-c2cc(-c3ccc(-c4ccnc5cccc(-c6ccc(-c7nc(-c8ccccc8)nc(-c8ccccc8)n7)cc6)c45)cc3)nc(-c3ccccc3)n2)cc1. The van der Waals surface area contributed by atoms with Crippen molar-refractivity contribution in [3.05, 3.63) is 206 Å². The summed E-state index contributed by atoms with van der Waals surface area (Å²) in [7, 11) is 0. The van der Waals surface area contributed by atoms with Gasteiger partial charge < -0.3 is 0 Å². The Labute approximate surface area is 336 Å². The second-order valence-electron chi connectivity index (χ2n) is 13.9. The van der Waals surface area contributed by atoms with Gasteiger partial charge in [0.1, 0.15) is 0 Å². The Morgan fingerprint density at radius 3 is 1.10 bits per heavy atom. The molecule has 0 aliphatic heterocycles. The van der Waals surface area contributed by atoms with Gasteiger partial charge in [-0.2, -0.15) is 0 Å². The number of pyridine rings is 1. The maximum absolute atomic E-state index is 5.04. The Morgan fingerprint density at radius 2 is 0.621 bits per heavy atom. The molecule has 0 saturated carbocycles. The highest BCUT2D eigenvalue weighted by molar-refractivity contribution is 6.05. The standard InChI is InChI=1S/C52H34N6/c1-5-14-37(15-6-1)46-34-47(55-49(54-46)39-16-7-2-8-17-39)38-28-24-36(25-29-38)44-32-33-53-45-23-13-22-43(48(44)45)35-26-30-42(31-27-35)52-57-50(40-18-9-3-10-19-40)56-51(58-52)41-20-11-4-12-21-41/h1-34H. The summed E-state index contributed by atoms with van der Waals surface area (Å²) in [5.41, 5.74) is 12.9. The van der Waals surface area contributed by atoms with Crippen LogP contribution in [0.25, 0.3) is 101 Å². The minimum absolute atomic E-state index is 0.620. The molecular weight excluding hydrogens is 709 g/mol. The zero-order chi connectivity index (χ0) is 38.7. The summed E-state index contributed by atoms with van der Waals surface area (Å²) in [6, 6.07) is 68.1. The Morgan fingerprint density at radius 1 is 0.259 bits per heavy atom. The van der Waals surface area contributed by atoms with E-state index in [-0.39, 0.29) is 0 Å². The molecule has 0 saturated heterocycles. The lowest BCUT2D eigenvalue weighted by Gasteiger charge is -2.13. The fourth-order valence-electron chi connectivity index (χ4n) is 7.31. The van der Waals surface area contributed by atoms with Crippen LogP contribution in [-0.4, -0.2) is 29.9 Å². The van der Waals surface area contributed by atoms with Crippen LogP contribution >= 0.6 is 0 Å². The Kier molecular flexibility index (Phi) is 9.10. The van der Waals surface area contributed by atoms with Gasteiger partial charge in [-0.1, -0.05) is 182 Å². The molecule has 3 aromatic heterocycles. The molecule has 0 N–H and O–H groups in total. The van der Waals surface area contributed by atoms with Crippen molar-refractivity contribution in [1.29, 1.82) is 0 Å². The number of hydrogen-bond acceptors (Lipinski definition) is 6. The molecule has 0 bridgehead atoms. The lowest BCUT2D eigenvalue weighted by atomic mass is 9.93. The van der Waals surface area contributed by atoms with Gasteiger partial charge in [0, 0.05) is 45.0 Å². The second kappa shape index (κ2) is 15.3. The minimum atomic E-state index is 0.620. The highest BCUT2D eigenvalue weighted by Crippen LogP contribution is 2.37. The Balaban J connectivity index is 1.01. The number of hydrogen-bond donors (Lipinski definition) is 0. The van der Waals surface area contributed by atoms with E-state index in [2.05, 4.69) is 91.0 Å². The molecule has 7 aromatic carbocycles. The quantitative estimate of drug-likeness (QED) is 0.154. The van der Waals surface area contributed by atoms with Crippen LogP contribution in [-0.2, 0) is 0 Å². The van der Waals surface area contributed by atoms with Gasteiger partial charge in [0.15, 0.2) is 23.3 Å². The summed E-state index contributed by atoms with van der Waals surface area (Å²) in [4.78, 5) is 29.5. The van der Waals surface area contributed by atoms with Gasteiger partial charge in [-0.25, -0.2) is 24.9 Å². The van der Waals surface area contributed by atoms with Crippen molar-refractivity contribution in [2.75, 3.05) is 0 Å². The molecular formula is C52H34N6. The molecule has 3 heterocycles. The van der Waals surface area contributed by atoms with E-state index in [9.17, 15) is 0 Å². The van der Waals surface area contributed by atoms with Crippen molar-refractivity contribution in [1.82, 2.24) is 29.9 Å². The van der Waals surface area contributed by atoms with Crippen LogP contribution in [0.4, 0.5) is 0 Å². The summed E-state index contributed by atoms with van der Waals surface area (Å²) in [5, 5.41) is 1.09. The lowest BCUT2D eigenvalue weighted by molar-refractivity contribution is 1.07. The molecule has 0 atom stereocenters. The first-order valence-corrected chi connectivity index (χ1v) is 19.2. The largest absolute Gasteiger partial charge is 0.256 e. The van der Waals surface area contributed by atoms with E-state index in [4.69, 9.17) is 29.9 Å². The molecule has 0 spiro atoms. The molecule has 10 rings (SSSR count). The topological polar surface area (TPSA) is 77.3 Å². The average Bonchev–Trinajstić information content (AvgIpc) is 3.32. The summed E-state index contributed by atoms with van der Waals surface area (Å²) < 4.78 is 0. The molecule has 6 nitrogen and oxygen atoms in total. The van der Waals surface area contributed by atoms with Crippen molar-refractivity contribution >= 4 is 10.9 Å². The highest BCUT2D eigenvalue weighted by Gasteiger charge is 2.16. The van der Waals surface area contributed by atoms with Crippen molar-refractivity contribution in [2.24, 2.45) is 0 Å². The first-order chi connectivity index (χ1) is 28.7. The molecule has 0 amide bonds. The number of rotatable bonds is 8. The number of aromatic nitrogens is 6. The molecule has 10 aromatic rings. The molecule has 6 heteroatoms. The van der Waals surface area contributed by atoms with Crippen LogP contribution in [0.5, 0.6) is 0 Å². The van der Waals surface area contributed by atoms with E-state index in [0.29, 0.717) is 23.3 Å². The van der Waals surface area contributed by atoms with Crippen molar-refractivity contribution in [3.63, 3.8) is 0 Å². The third kappa shape index (κ3) is 6.91. The van der Waals surface area contributed by atoms with Gasteiger partial charge in [0.05, 0.1) is 16.9 Å². The van der Waals surface area contributed by atoms with E-state index in [0.717, 1.165) is 77.9 Å². The van der Waals surface area contributed by atoms with E-state index in [1.165, 1.54) is 0 Å². The Hall–Kier alpha value is -7.96. The molecule has 0 aliphatic carbocycles. The summed E-state index contributed by atoms with van der Waals surface area (Å²) >= 11 is 0. The van der Waals surface area contributed by atoms with Gasteiger partial charge in [-0.15, -0.1) is 0 Å². The van der Waals surface area contributed by atoms with Crippen LogP contribution in [0.1, 0.15) is 0 Å². The van der Waals surface area contributed by atoms with Gasteiger partial charge in [0.25, 0.3) is 0 Å². The fourth-order valence-corrected chi connectivity index (χ4v) is 7.31. The average molecular weight is 743 g/mol. The minimum Gasteiger partial charge on any atom is -0.256 e. The monoisotopic (exact) mass is 742 g/mol. The van der Waals surface area contributed by atoms with Gasteiger partial charge in [-0.05, 0) is 40.5 Å². The van der Waals surface area contributed by atoms with Gasteiger partial charge >= 0.3 is 0 Å². The summed E-state index contributed by atoms with van der Waals surface area (Å²) in [5.74, 6) is 2.59. The van der Waals surface area contributed by atoms with Crippen LogP contribution in [0, 0.1) is 0 Å². The van der Waals surface area contributed by atoms with Gasteiger partial charge in [-0.3, -0.25) is 4.98 Å². The molecule has 0 aliphatic rings. The maximum Gasteiger partial charge on any atom is 0.164 e. The second-order valence-corrected chi connectivity index (χ2v) is 13.9. The van der Waals surface area contributed by atoms with E-state index in [1.807, 2.05) is 115 Å².